The fourth-order valence-electron chi connectivity index (χ4n) is 3.49. The first-order valence-electron chi connectivity index (χ1n) is 10.9. The molecule has 3 N–H and O–H groups in total. The summed E-state index contributed by atoms with van der Waals surface area (Å²) in [5.74, 6) is 0.734. The number of amides is 1. The molecule has 0 radical (unpaired) electrons. The minimum absolute atomic E-state index is 0.197. The summed E-state index contributed by atoms with van der Waals surface area (Å²) in [6.07, 6.45) is 2.57. The number of guanidine groups is 1. The number of hydrogen-bond acceptors (Lipinski definition) is 5. The molecule has 0 bridgehead atoms. The summed E-state index contributed by atoms with van der Waals surface area (Å²) in [6, 6.07) is 14.3. The Hall–Kier alpha value is -3.62. The van der Waals surface area contributed by atoms with E-state index in [0.717, 1.165) is 27.9 Å². The lowest BCUT2D eigenvalue weighted by Gasteiger charge is -2.12. The van der Waals surface area contributed by atoms with Gasteiger partial charge in [-0.15, -0.1) is 0 Å². The van der Waals surface area contributed by atoms with Gasteiger partial charge in [-0.25, -0.2) is 9.97 Å². The molecule has 2 heterocycles. The van der Waals surface area contributed by atoms with Crippen LogP contribution in [0.5, 0.6) is 5.75 Å². The van der Waals surface area contributed by atoms with Crippen molar-refractivity contribution in [1.29, 1.82) is 0 Å². The van der Waals surface area contributed by atoms with E-state index in [9.17, 15) is 4.79 Å². The van der Waals surface area contributed by atoms with Gasteiger partial charge >= 0.3 is 0 Å². The molecule has 8 nitrogen and oxygen atoms in total. The van der Waals surface area contributed by atoms with E-state index in [0.29, 0.717) is 34.7 Å². The topological polar surface area (TPSA) is 104 Å². The number of fused-ring (bicyclic) bond motifs is 1. The molecule has 2 aromatic heterocycles. The first-order valence-corrected chi connectivity index (χ1v) is 11.7. The number of benzene rings is 2. The van der Waals surface area contributed by atoms with Gasteiger partial charge in [-0.2, -0.15) is 0 Å². The lowest BCUT2D eigenvalue weighted by Crippen LogP contribution is -2.39. The summed E-state index contributed by atoms with van der Waals surface area (Å²) >= 11 is 12.0. The number of hydrogen-bond donors (Lipinski definition) is 3. The Kier molecular flexibility index (Phi) is 7.84. The number of ether oxygens (including phenoxy) is 1. The minimum Gasteiger partial charge on any atom is -0.484 e. The van der Waals surface area contributed by atoms with Crippen molar-refractivity contribution in [3.05, 3.63) is 81.7 Å². The maximum atomic E-state index is 12.6. The van der Waals surface area contributed by atoms with Crippen LogP contribution in [0, 0.1) is 13.8 Å². The first-order chi connectivity index (χ1) is 16.9. The van der Waals surface area contributed by atoms with Gasteiger partial charge in [0, 0.05) is 45.1 Å². The molecular weight excluding hydrogens is 487 g/mol. The van der Waals surface area contributed by atoms with Crippen molar-refractivity contribution >= 4 is 51.9 Å². The zero-order chi connectivity index (χ0) is 24.8. The lowest BCUT2D eigenvalue weighted by atomic mass is 10.1. The number of H-pyrrole nitrogens is 1. The molecule has 0 unspecified atom stereocenters. The van der Waals surface area contributed by atoms with E-state index in [1.807, 2.05) is 44.3 Å². The molecule has 0 aliphatic heterocycles. The third kappa shape index (κ3) is 6.94. The summed E-state index contributed by atoms with van der Waals surface area (Å²) < 4.78 is 5.53. The van der Waals surface area contributed by atoms with Gasteiger partial charge in [0.05, 0.1) is 0 Å². The minimum atomic E-state index is -0.380. The predicted octanol–water partition coefficient (Wildman–Crippen LogP) is 5.09. The van der Waals surface area contributed by atoms with Gasteiger partial charge in [0.25, 0.3) is 5.91 Å². The van der Waals surface area contributed by atoms with E-state index in [-0.39, 0.29) is 18.5 Å². The quantitative estimate of drug-likeness (QED) is 0.237. The van der Waals surface area contributed by atoms with Gasteiger partial charge in [-0.3, -0.25) is 20.4 Å². The maximum absolute atomic E-state index is 12.6. The number of aromatic nitrogens is 3. The molecule has 1 amide bonds. The van der Waals surface area contributed by atoms with Crippen molar-refractivity contribution < 1.29 is 9.53 Å². The van der Waals surface area contributed by atoms with Crippen LogP contribution in [-0.4, -0.2) is 40.0 Å². The Labute approximate surface area is 212 Å². The smallest absolute Gasteiger partial charge is 0.264 e. The average Bonchev–Trinajstić information content (AvgIpc) is 3.20. The highest BCUT2D eigenvalue weighted by molar-refractivity contribution is 6.31. The summed E-state index contributed by atoms with van der Waals surface area (Å²) in [5.41, 5.74) is 3.67. The van der Waals surface area contributed by atoms with Crippen LogP contribution in [0.2, 0.25) is 10.0 Å². The molecule has 0 atom stereocenters. The monoisotopic (exact) mass is 510 g/mol. The molecule has 10 heteroatoms. The molecule has 180 valence electrons. The summed E-state index contributed by atoms with van der Waals surface area (Å²) in [4.78, 5) is 29.1. The van der Waals surface area contributed by atoms with Gasteiger partial charge in [0.1, 0.15) is 5.75 Å². The van der Waals surface area contributed by atoms with Crippen molar-refractivity contribution in [3.63, 3.8) is 0 Å². The number of halogens is 2. The van der Waals surface area contributed by atoms with Crippen molar-refractivity contribution in [2.24, 2.45) is 4.99 Å². The zero-order valence-corrected chi connectivity index (χ0v) is 20.7. The summed E-state index contributed by atoms with van der Waals surface area (Å²) in [6.45, 7) is 3.95. The zero-order valence-electron chi connectivity index (χ0n) is 19.2. The third-order valence-electron chi connectivity index (χ3n) is 5.03. The fourth-order valence-corrected chi connectivity index (χ4v) is 3.79. The van der Waals surface area contributed by atoms with Crippen molar-refractivity contribution in [2.45, 2.75) is 20.3 Å². The van der Waals surface area contributed by atoms with E-state index >= 15 is 0 Å². The van der Waals surface area contributed by atoms with Crippen LogP contribution in [0.3, 0.4) is 0 Å². The normalized spacial score (nSPS) is 11.5. The average molecular weight is 511 g/mol. The fraction of sp³-hybridized carbons (Fsp3) is 0.200. The van der Waals surface area contributed by atoms with Crippen LogP contribution < -0.4 is 15.4 Å². The molecule has 4 rings (SSSR count). The molecule has 0 saturated carbocycles. The highest BCUT2D eigenvalue weighted by Crippen LogP contribution is 2.22. The summed E-state index contributed by atoms with van der Waals surface area (Å²) in [7, 11) is 0. The second-order valence-electron chi connectivity index (χ2n) is 7.87. The van der Waals surface area contributed by atoms with E-state index < -0.39 is 0 Å². The molecule has 2 aromatic carbocycles. The second kappa shape index (κ2) is 11.2. The van der Waals surface area contributed by atoms with Crippen LogP contribution >= 0.6 is 23.2 Å². The van der Waals surface area contributed by atoms with Crippen molar-refractivity contribution in [2.75, 3.05) is 18.5 Å². The van der Waals surface area contributed by atoms with Crippen LogP contribution in [0.1, 0.15) is 17.0 Å². The first kappa shape index (κ1) is 24.5. The van der Waals surface area contributed by atoms with E-state index in [2.05, 4.69) is 30.6 Å². The number of rotatable bonds is 7. The van der Waals surface area contributed by atoms with Gasteiger partial charge in [0.2, 0.25) is 11.9 Å². The van der Waals surface area contributed by atoms with Gasteiger partial charge in [0.15, 0.2) is 6.61 Å². The molecule has 0 spiro atoms. The highest BCUT2D eigenvalue weighted by Gasteiger charge is 2.11. The van der Waals surface area contributed by atoms with E-state index in [1.165, 1.54) is 0 Å². The third-order valence-corrected chi connectivity index (χ3v) is 5.52. The Morgan fingerprint density at radius 1 is 1.03 bits per heavy atom. The van der Waals surface area contributed by atoms with Crippen LogP contribution in [0.15, 0.2) is 59.7 Å². The van der Waals surface area contributed by atoms with Crippen molar-refractivity contribution in [1.82, 2.24) is 20.3 Å². The van der Waals surface area contributed by atoms with E-state index in [4.69, 9.17) is 27.9 Å². The number of nitrogens with zero attached hydrogens (tertiary/aromatic N) is 3. The molecule has 0 aliphatic rings. The lowest BCUT2D eigenvalue weighted by molar-refractivity contribution is -0.121. The number of anilines is 1. The second-order valence-corrected chi connectivity index (χ2v) is 8.75. The number of carbonyl (C=O) groups excluding carboxylic acids is 1. The Morgan fingerprint density at radius 3 is 2.49 bits per heavy atom. The predicted molar refractivity (Wildman–Crippen MR) is 140 cm³/mol. The Bertz CT molecular complexity index is 1350. The molecule has 0 aliphatic carbocycles. The molecular formula is C25H24Cl2N6O2. The number of aliphatic imine (C=N–C) groups is 1. The van der Waals surface area contributed by atoms with Gasteiger partial charge < -0.3 is 9.72 Å². The van der Waals surface area contributed by atoms with Gasteiger partial charge in [-0.1, -0.05) is 23.2 Å². The largest absolute Gasteiger partial charge is 0.484 e. The van der Waals surface area contributed by atoms with Crippen LogP contribution in [-0.2, 0) is 11.2 Å². The van der Waals surface area contributed by atoms with Gasteiger partial charge in [-0.05, 0) is 74.4 Å². The Morgan fingerprint density at radius 2 is 1.74 bits per heavy atom. The molecule has 35 heavy (non-hydrogen) atoms. The molecule has 4 aromatic rings. The number of carbonyl (C=O) groups is 1. The highest BCUT2D eigenvalue weighted by atomic mass is 35.5. The number of nitrogens with one attached hydrogen (secondary N) is 3. The maximum Gasteiger partial charge on any atom is 0.264 e. The summed E-state index contributed by atoms with van der Waals surface area (Å²) in [5, 5.41) is 8.07. The SMILES string of the molecule is Cc1cc(C)nc(NC(=NCCc2c[nH]c3ccc(Cl)cc23)NC(=O)COc2ccc(Cl)cc2)n1. The van der Waals surface area contributed by atoms with Crippen LogP contribution in [0.4, 0.5) is 5.95 Å². The molecule has 0 saturated heterocycles. The number of aromatic amines is 1. The Balaban J connectivity index is 1.46. The van der Waals surface area contributed by atoms with Crippen LogP contribution in [0.25, 0.3) is 10.9 Å². The van der Waals surface area contributed by atoms with Crippen molar-refractivity contribution in [3.8, 4) is 5.75 Å². The number of aryl methyl sites for hydroxylation is 2. The standard InChI is InChI=1S/C25H24Cl2N6O2/c1-15-11-16(2)31-25(30-15)33-24(32-23(34)14-35-20-6-3-18(26)4-7-20)28-10-9-17-13-29-22-8-5-19(27)12-21(17)22/h3-8,11-13,29H,9-10,14H2,1-2H3,(H2,28,30,31,32,33,34). The molecule has 0 fully saturated rings. The van der Waals surface area contributed by atoms with E-state index in [1.54, 1.807) is 24.3 Å².